The molecule has 17 heavy (non-hydrogen) atoms. The Labute approximate surface area is 93.6 Å². The number of carbonyl (C=O) groups is 1. The molecule has 0 saturated heterocycles. The Balaban J connectivity index is 3.39. The zero-order valence-electron chi connectivity index (χ0n) is 8.52. The van der Waals surface area contributed by atoms with Gasteiger partial charge in [0.25, 0.3) is 0 Å². The van der Waals surface area contributed by atoms with Gasteiger partial charge in [-0.25, -0.2) is 4.79 Å². The summed E-state index contributed by atoms with van der Waals surface area (Å²) in [7, 11) is 0. The highest BCUT2D eigenvalue weighted by molar-refractivity contribution is 5.89. The number of aryl methyl sites for hydroxylation is 1. The van der Waals surface area contributed by atoms with E-state index in [4.69, 9.17) is 5.11 Å². The summed E-state index contributed by atoms with van der Waals surface area (Å²) in [6.07, 6.45) is 0. The summed E-state index contributed by atoms with van der Waals surface area (Å²) in [5.74, 6) is -2.15. The molecule has 0 bridgehead atoms. The molecule has 0 unspecified atom stereocenters. The van der Waals surface area contributed by atoms with E-state index in [1.54, 1.807) is 0 Å². The molecule has 0 heterocycles. The van der Waals surface area contributed by atoms with Crippen molar-refractivity contribution >= 4 is 11.7 Å². The Kier molecular flexibility index (Phi) is 3.56. The molecule has 0 aliphatic carbocycles. The number of rotatable bonds is 4. The third-order valence-corrected chi connectivity index (χ3v) is 1.91. The van der Waals surface area contributed by atoms with Crippen molar-refractivity contribution < 1.29 is 28.3 Å². The van der Waals surface area contributed by atoms with Crippen LogP contribution in [-0.4, -0.2) is 22.6 Å². The zero-order chi connectivity index (χ0) is 13.2. The highest BCUT2D eigenvalue weighted by Gasteiger charge is 2.24. The Bertz CT molecular complexity index is 475. The zero-order valence-corrected chi connectivity index (χ0v) is 8.52. The molecule has 6 nitrogen and oxygen atoms in total. The molecule has 0 aliphatic rings. The number of ether oxygens (including phenoxy) is 1. The average Bonchev–Trinajstić information content (AvgIpc) is 2.14. The van der Waals surface area contributed by atoms with E-state index in [-0.39, 0.29) is 11.1 Å². The lowest BCUT2D eigenvalue weighted by Gasteiger charge is -2.08. The van der Waals surface area contributed by atoms with Crippen molar-refractivity contribution in [1.82, 2.24) is 0 Å². The van der Waals surface area contributed by atoms with Gasteiger partial charge in [-0.1, -0.05) is 0 Å². The van der Waals surface area contributed by atoms with E-state index >= 15 is 0 Å². The van der Waals surface area contributed by atoms with Crippen LogP contribution in [0.5, 0.6) is 5.75 Å². The summed E-state index contributed by atoms with van der Waals surface area (Å²) in [5.41, 5.74) is -1.09. The van der Waals surface area contributed by atoms with Gasteiger partial charge in [-0.15, -0.1) is 0 Å². The highest BCUT2D eigenvalue weighted by atomic mass is 19.3. The molecule has 8 heteroatoms. The van der Waals surface area contributed by atoms with Crippen LogP contribution in [0.25, 0.3) is 0 Å². The van der Waals surface area contributed by atoms with E-state index in [9.17, 15) is 23.7 Å². The standard InChI is InChI=1S/C9H7F2NO5/c1-4-2-5(8(13)14)3-6(17-9(10)11)7(4)12(15)16/h2-3,9H,1H3,(H,13,14). The fraction of sp³-hybridized carbons (Fsp3) is 0.222. The van der Waals surface area contributed by atoms with Crippen LogP contribution in [0, 0.1) is 17.0 Å². The van der Waals surface area contributed by atoms with Gasteiger partial charge in [0.15, 0.2) is 0 Å². The Hall–Kier alpha value is -2.25. The fourth-order valence-corrected chi connectivity index (χ4v) is 1.29. The summed E-state index contributed by atoms with van der Waals surface area (Å²) in [6.45, 7) is -2.03. The number of alkyl halides is 2. The van der Waals surface area contributed by atoms with E-state index in [0.29, 0.717) is 6.07 Å². The first-order valence-electron chi connectivity index (χ1n) is 4.30. The number of nitrogens with zero attached hydrogens (tertiary/aromatic N) is 1. The SMILES string of the molecule is Cc1cc(C(=O)O)cc(OC(F)F)c1[N+](=O)[O-]. The lowest BCUT2D eigenvalue weighted by molar-refractivity contribution is -0.387. The Morgan fingerprint density at radius 1 is 1.53 bits per heavy atom. The number of halogens is 2. The molecule has 0 saturated carbocycles. The monoisotopic (exact) mass is 247 g/mol. The summed E-state index contributed by atoms with van der Waals surface area (Å²) >= 11 is 0. The molecule has 0 fully saturated rings. The van der Waals surface area contributed by atoms with Gasteiger partial charge in [0.2, 0.25) is 5.75 Å². The molecule has 0 atom stereocenters. The maximum absolute atomic E-state index is 12.0. The Morgan fingerprint density at radius 2 is 2.12 bits per heavy atom. The van der Waals surface area contributed by atoms with Gasteiger partial charge < -0.3 is 9.84 Å². The van der Waals surface area contributed by atoms with E-state index < -0.39 is 28.9 Å². The summed E-state index contributed by atoms with van der Waals surface area (Å²) in [4.78, 5) is 20.4. The van der Waals surface area contributed by atoms with Crippen molar-refractivity contribution in [3.8, 4) is 5.75 Å². The van der Waals surface area contributed by atoms with Gasteiger partial charge in [-0.3, -0.25) is 10.1 Å². The molecule has 1 aromatic carbocycles. The molecule has 1 N–H and O–H groups in total. The van der Waals surface area contributed by atoms with E-state index in [1.165, 1.54) is 6.92 Å². The van der Waals surface area contributed by atoms with Crippen molar-refractivity contribution in [1.29, 1.82) is 0 Å². The molecule has 1 aromatic rings. The summed E-state index contributed by atoms with van der Waals surface area (Å²) in [6, 6.07) is 1.71. The number of aromatic carboxylic acids is 1. The number of nitro benzene ring substituents is 1. The number of nitro groups is 1. The predicted molar refractivity (Wildman–Crippen MR) is 51.4 cm³/mol. The molecule has 0 radical (unpaired) electrons. The summed E-state index contributed by atoms with van der Waals surface area (Å²) in [5, 5.41) is 19.3. The number of hydrogen-bond acceptors (Lipinski definition) is 4. The van der Waals surface area contributed by atoms with Crippen LogP contribution in [0.15, 0.2) is 12.1 Å². The van der Waals surface area contributed by atoms with Crippen LogP contribution < -0.4 is 4.74 Å². The van der Waals surface area contributed by atoms with Gasteiger partial charge in [0.05, 0.1) is 10.5 Å². The smallest absolute Gasteiger partial charge is 0.387 e. The lowest BCUT2D eigenvalue weighted by Crippen LogP contribution is -2.07. The van der Waals surface area contributed by atoms with Crippen molar-refractivity contribution in [3.05, 3.63) is 33.4 Å². The van der Waals surface area contributed by atoms with Crippen LogP contribution >= 0.6 is 0 Å². The molecular weight excluding hydrogens is 240 g/mol. The maximum atomic E-state index is 12.0. The molecular formula is C9H7F2NO5. The first-order valence-corrected chi connectivity index (χ1v) is 4.30. The molecule has 0 aromatic heterocycles. The van der Waals surface area contributed by atoms with E-state index in [2.05, 4.69) is 4.74 Å². The van der Waals surface area contributed by atoms with Gasteiger partial charge in [0, 0.05) is 11.6 Å². The van der Waals surface area contributed by atoms with Crippen molar-refractivity contribution in [3.63, 3.8) is 0 Å². The van der Waals surface area contributed by atoms with Crippen LogP contribution in [0.1, 0.15) is 15.9 Å². The second-order valence-corrected chi connectivity index (χ2v) is 3.08. The minimum absolute atomic E-state index is 0.0643. The van der Waals surface area contributed by atoms with Gasteiger partial charge in [-0.2, -0.15) is 8.78 Å². The van der Waals surface area contributed by atoms with E-state index in [1.807, 2.05) is 0 Å². The van der Waals surface area contributed by atoms with Crippen molar-refractivity contribution in [2.45, 2.75) is 13.5 Å². The van der Waals surface area contributed by atoms with Crippen LogP contribution in [0.3, 0.4) is 0 Å². The molecule has 1 rings (SSSR count). The second kappa shape index (κ2) is 4.73. The topological polar surface area (TPSA) is 89.7 Å². The largest absolute Gasteiger partial charge is 0.478 e. The maximum Gasteiger partial charge on any atom is 0.387 e. The molecule has 92 valence electrons. The molecule has 0 spiro atoms. The third kappa shape index (κ3) is 2.86. The second-order valence-electron chi connectivity index (χ2n) is 3.08. The van der Waals surface area contributed by atoms with Crippen LogP contribution in [0.2, 0.25) is 0 Å². The highest BCUT2D eigenvalue weighted by Crippen LogP contribution is 2.33. The minimum atomic E-state index is -3.27. The summed E-state index contributed by atoms with van der Waals surface area (Å²) < 4.78 is 28.0. The van der Waals surface area contributed by atoms with Crippen LogP contribution in [0.4, 0.5) is 14.5 Å². The van der Waals surface area contributed by atoms with Crippen molar-refractivity contribution in [2.24, 2.45) is 0 Å². The van der Waals surface area contributed by atoms with E-state index in [0.717, 1.165) is 6.07 Å². The minimum Gasteiger partial charge on any atom is -0.478 e. The van der Waals surface area contributed by atoms with Crippen LogP contribution in [-0.2, 0) is 0 Å². The molecule has 0 amide bonds. The van der Waals surface area contributed by atoms with Gasteiger partial charge in [-0.05, 0) is 13.0 Å². The number of hydrogen-bond donors (Lipinski definition) is 1. The normalized spacial score (nSPS) is 10.4. The molecule has 0 aliphatic heterocycles. The number of carboxylic acids is 1. The van der Waals surface area contributed by atoms with Gasteiger partial charge in [0.1, 0.15) is 0 Å². The number of carboxylic acid groups (broad SMARTS) is 1. The fourth-order valence-electron chi connectivity index (χ4n) is 1.29. The average molecular weight is 247 g/mol. The Morgan fingerprint density at radius 3 is 2.53 bits per heavy atom. The van der Waals surface area contributed by atoms with Crippen molar-refractivity contribution in [2.75, 3.05) is 0 Å². The number of benzene rings is 1. The quantitative estimate of drug-likeness (QED) is 0.650. The van der Waals surface area contributed by atoms with Gasteiger partial charge >= 0.3 is 18.3 Å². The first kappa shape index (κ1) is 12.8. The predicted octanol–water partition coefficient (Wildman–Crippen LogP) is 2.20. The lowest BCUT2D eigenvalue weighted by atomic mass is 10.1. The first-order chi connectivity index (χ1) is 7.82. The third-order valence-electron chi connectivity index (χ3n) is 1.91.